The largest absolute Gasteiger partial charge is 0.380 e. The van der Waals surface area contributed by atoms with Gasteiger partial charge in [-0.05, 0) is 38.6 Å². The number of nitrogens with two attached hydrogens (primary N) is 1. The summed E-state index contributed by atoms with van der Waals surface area (Å²) >= 11 is 0. The van der Waals surface area contributed by atoms with Crippen molar-refractivity contribution in [1.29, 1.82) is 0 Å². The summed E-state index contributed by atoms with van der Waals surface area (Å²) in [5.74, 6) is 0.863. The van der Waals surface area contributed by atoms with Crippen LogP contribution >= 0.6 is 0 Å². The van der Waals surface area contributed by atoms with E-state index in [1.54, 1.807) is 0 Å². The van der Waals surface area contributed by atoms with Crippen molar-refractivity contribution >= 4 is 0 Å². The number of hydrogen-bond donors (Lipinski definition) is 1. The summed E-state index contributed by atoms with van der Waals surface area (Å²) in [5, 5.41) is 0. The Hall–Kier alpha value is -0.120. The highest BCUT2D eigenvalue weighted by atomic mass is 16.5. The Morgan fingerprint density at radius 1 is 1.31 bits per heavy atom. The lowest BCUT2D eigenvalue weighted by Gasteiger charge is -2.40. The lowest BCUT2D eigenvalue weighted by molar-refractivity contribution is 0.0547. The molecule has 0 unspecified atom stereocenters. The molecule has 0 aromatic rings. The van der Waals surface area contributed by atoms with E-state index in [2.05, 4.69) is 25.8 Å². The van der Waals surface area contributed by atoms with Gasteiger partial charge in [-0.15, -0.1) is 0 Å². The fourth-order valence-corrected chi connectivity index (χ4v) is 2.21. The van der Waals surface area contributed by atoms with Gasteiger partial charge in [0.25, 0.3) is 0 Å². The van der Waals surface area contributed by atoms with E-state index in [0.717, 1.165) is 45.1 Å². The van der Waals surface area contributed by atoms with E-state index < -0.39 is 0 Å². The van der Waals surface area contributed by atoms with E-state index in [1.165, 1.54) is 12.8 Å². The Morgan fingerprint density at radius 2 is 1.94 bits per heavy atom. The molecule has 3 nitrogen and oxygen atoms in total. The van der Waals surface area contributed by atoms with Gasteiger partial charge >= 0.3 is 0 Å². The molecule has 1 saturated carbocycles. The maximum atomic E-state index is 5.91. The zero-order valence-electron chi connectivity index (χ0n) is 11.2. The van der Waals surface area contributed by atoms with Crippen molar-refractivity contribution in [3.05, 3.63) is 0 Å². The SMILES string of the molecule is CCC(CC)(CN)N(C)CCOCC1CC1. The van der Waals surface area contributed by atoms with Crippen molar-refractivity contribution in [1.82, 2.24) is 4.90 Å². The molecule has 0 aliphatic heterocycles. The first-order valence-corrected chi connectivity index (χ1v) is 6.67. The van der Waals surface area contributed by atoms with Crippen LogP contribution in [0.1, 0.15) is 39.5 Å². The van der Waals surface area contributed by atoms with Crippen molar-refractivity contribution in [3.8, 4) is 0 Å². The van der Waals surface area contributed by atoms with Gasteiger partial charge in [0.05, 0.1) is 6.61 Å². The van der Waals surface area contributed by atoms with E-state index in [0.29, 0.717) is 0 Å². The Morgan fingerprint density at radius 3 is 2.38 bits per heavy atom. The Bertz CT molecular complexity index is 180. The predicted octanol–water partition coefficient (Wildman–Crippen LogP) is 1.86. The smallest absolute Gasteiger partial charge is 0.0593 e. The molecular weight excluding hydrogens is 200 g/mol. The zero-order chi connectivity index (χ0) is 12.0. The van der Waals surface area contributed by atoms with E-state index >= 15 is 0 Å². The molecule has 96 valence electrons. The lowest BCUT2D eigenvalue weighted by Crippen LogP contribution is -2.52. The van der Waals surface area contributed by atoms with Gasteiger partial charge in [0.15, 0.2) is 0 Å². The lowest BCUT2D eigenvalue weighted by atomic mass is 9.91. The molecule has 0 saturated heterocycles. The third-order valence-corrected chi connectivity index (χ3v) is 4.13. The second-order valence-corrected chi connectivity index (χ2v) is 5.08. The van der Waals surface area contributed by atoms with Crippen molar-refractivity contribution < 1.29 is 4.74 Å². The van der Waals surface area contributed by atoms with E-state index in [1.807, 2.05) is 0 Å². The van der Waals surface area contributed by atoms with Gasteiger partial charge < -0.3 is 10.5 Å². The first kappa shape index (κ1) is 13.9. The Labute approximate surface area is 100 Å². The van der Waals surface area contributed by atoms with Crippen LogP contribution < -0.4 is 5.73 Å². The van der Waals surface area contributed by atoms with E-state index in [9.17, 15) is 0 Å². The molecule has 0 bridgehead atoms. The normalized spacial score (nSPS) is 17.1. The molecular formula is C13H28N2O. The fourth-order valence-electron chi connectivity index (χ4n) is 2.21. The quantitative estimate of drug-likeness (QED) is 0.612. The van der Waals surface area contributed by atoms with Crippen LogP contribution in [0.15, 0.2) is 0 Å². The first-order chi connectivity index (χ1) is 7.68. The molecule has 0 aromatic heterocycles. The summed E-state index contributed by atoms with van der Waals surface area (Å²) in [7, 11) is 2.17. The summed E-state index contributed by atoms with van der Waals surface area (Å²) < 4.78 is 5.67. The Balaban J connectivity index is 2.21. The van der Waals surface area contributed by atoms with Crippen LogP contribution in [0.2, 0.25) is 0 Å². The monoisotopic (exact) mass is 228 g/mol. The molecule has 1 aliphatic rings. The van der Waals surface area contributed by atoms with Crippen LogP contribution in [0.4, 0.5) is 0 Å². The minimum atomic E-state index is 0.170. The number of likely N-dealkylation sites (N-methyl/N-ethyl adjacent to an activating group) is 1. The van der Waals surface area contributed by atoms with Crippen molar-refractivity contribution in [2.45, 2.75) is 45.1 Å². The van der Waals surface area contributed by atoms with Gasteiger partial charge in [-0.3, -0.25) is 4.90 Å². The minimum Gasteiger partial charge on any atom is -0.380 e. The van der Waals surface area contributed by atoms with Crippen LogP contribution in [0.3, 0.4) is 0 Å². The molecule has 1 fully saturated rings. The van der Waals surface area contributed by atoms with Crippen molar-refractivity contribution in [2.24, 2.45) is 11.7 Å². The first-order valence-electron chi connectivity index (χ1n) is 6.67. The summed E-state index contributed by atoms with van der Waals surface area (Å²) in [6, 6.07) is 0. The molecule has 0 heterocycles. The third-order valence-electron chi connectivity index (χ3n) is 4.13. The Kier molecular flexibility index (Phi) is 5.73. The maximum Gasteiger partial charge on any atom is 0.0593 e. The van der Waals surface area contributed by atoms with Crippen LogP contribution in [-0.2, 0) is 4.74 Å². The number of ether oxygens (including phenoxy) is 1. The highest BCUT2D eigenvalue weighted by Gasteiger charge is 2.29. The maximum absolute atomic E-state index is 5.91. The highest BCUT2D eigenvalue weighted by Crippen LogP contribution is 2.28. The number of nitrogens with zero attached hydrogens (tertiary/aromatic N) is 1. The summed E-state index contributed by atoms with van der Waals surface area (Å²) in [6.45, 7) is 7.97. The van der Waals surface area contributed by atoms with Gasteiger partial charge in [-0.25, -0.2) is 0 Å². The summed E-state index contributed by atoms with van der Waals surface area (Å²) in [6.07, 6.45) is 4.96. The van der Waals surface area contributed by atoms with Crippen molar-refractivity contribution in [2.75, 3.05) is 33.4 Å². The predicted molar refractivity (Wildman–Crippen MR) is 68.5 cm³/mol. The second kappa shape index (κ2) is 6.58. The van der Waals surface area contributed by atoms with Gasteiger partial charge in [0.1, 0.15) is 0 Å². The average molecular weight is 228 g/mol. The number of rotatable bonds is 9. The van der Waals surface area contributed by atoms with Gasteiger partial charge in [-0.1, -0.05) is 13.8 Å². The fraction of sp³-hybridized carbons (Fsp3) is 1.00. The minimum absolute atomic E-state index is 0.170. The van der Waals surface area contributed by atoms with Crippen LogP contribution in [0, 0.1) is 5.92 Å². The van der Waals surface area contributed by atoms with Gasteiger partial charge in [0.2, 0.25) is 0 Å². The van der Waals surface area contributed by atoms with Crippen LogP contribution in [-0.4, -0.2) is 43.8 Å². The third kappa shape index (κ3) is 3.72. The molecule has 16 heavy (non-hydrogen) atoms. The van der Waals surface area contributed by atoms with Gasteiger partial charge in [0, 0.05) is 25.2 Å². The van der Waals surface area contributed by atoms with Crippen molar-refractivity contribution in [3.63, 3.8) is 0 Å². The standard InChI is InChI=1S/C13H28N2O/c1-4-13(5-2,11-14)15(3)8-9-16-10-12-6-7-12/h12H,4-11,14H2,1-3H3. The zero-order valence-corrected chi connectivity index (χ0v) is 11.2. The topological polar surface area (TPSA) is 38.5 Å². The molecule has 3 heteroatoms. The molecule has 0 aromatic carbocycles. The summed E-state index contributed by atoms with van der Waals surface area (Å²) in [4.78, 5) is 2.37. The molecule has 2 N–H and O–H groups in total. The molecule has 0 radical (unpaired) electrons. The average Bonchev–Trinajstić information content (AvgIpc) is 3.11. The molecule has 1 aliphatic carbocycles. The summed E-state index contributed by atoms with van der Waals surface area (Å²) in [5.41, 5.74) is 6.08. The molecule has 0 atom stereocenters. The van der Waals surface area contributed by atoms with Crippen LogP contribution in [0.25, 0.3) is 0 Å². The second-order valence-electron chi connectivity index (χ2n) is 5.08. The van der Waals surface area contributed by atoms with Gasteiger partial charge in [-0.2, -0.15) is 0 Å². The van der Waals surface area contributed by atoms with E-state index in [4.69, 9.17) is 10.5 Å². The highest BCUT2D eigenvalue weighted by molar-refractivity contribution is 4.87. The van der Waals surface area contributed by atoms with Crippen LogP contribution in [0.5, 0.6) is 0 Å². The molecule has 0 amide bonds. The van der Waals surface area contributed by atoms with E-state index in [-0.39, 0.29) is 5.54 Å². The number of hydrogen-bond acceptors (Lipinski definition) is 3. The molecule has 0 spiro atoms. The molecule has 1 rings (SSSR count).